The Hall–Kier alpha value is -3.99. The summed E-state index contributed by atoms with van der Waals surface area (Å²) >= 11 is 1.81. The molecule has 8 rings (SSSR count). The third-order valence-electron chi connectivity index (χ3n) is 8.69. The Morgan fingerprint density at radius 1 is 0.792 bits per heavy atom. The molecule has 0 amide bonds. The summed E-state index contributed by atoms with van der Waals surface area (Å²) in [4.78, 5) is 9.23. The standard InChI is InChI=1S/C29H22NS.C14H16NSi.Ir/c1-17(2)19-10-11-30-26(15-19)24-14-21-6-4-5-7-23(21)28-25-13-20-9-8-18(3)12-22(20)16-27(25)31-29(24)28;1-16(2,3)13-9-10-14(15-11-13)12-7-5-4-6-8-12;/h4-13,15-17H,1-3H3;4-7,9-11H,1-3H3;/q2*-1;/i17D;;. The molecule has 3 aromatic heterocycles. The van der Waals surface area contributed by atoms with Crippen LogP contribution < -0.4 is 5.19 Å². The molecule has 0 fully saturated rings. The molecule has 0 unspecified atom stereocenters. The topological polar surface area (TPSA) is 25.8 Å². The maximum absolute atomic E-state index is 8.48. The molecule has 0 saturated heterocycles. The second kappa shape index (κ2) is 13.9. The number of rotatable bonds is 4. The number of nitrogens with zero attached hydrogens (tertiary/aromatic N) is 2. The average Bonchev–Trinajstić information content (AvgIpc) is 3.45. The third-order valence-corrected chi connectivity index (χ3v) is 11.9. The first-order chi connectivity index (χ1) is 23.0. The van der Waals surface area contributed by atoms with Crippen LogP contribution in [-0.4, -0.2) is 18.0 Å². The van der Waals surface area contributed by atoms with Crippen molar-refractivity contribution in [3.05, 3.63) is 139 Å². The van der Waals surface area contributed by atoms with E-state index in [0.29, 0.717) is 0 Å². The van der Waals surface area contributed by atoms with Crippen molar-refractivity contribution in [2.45, 2.75) is 46.3 Å². The Morgan fingerprint density at radius 2 is 1.60 bits per heavy atom. The van der Waals surface area contributed by atoms with Gasteiger partial charge in [-0.2, -0.15) is 11.3 Å². The molecular weight excluding hydrogens is 797 g/mol. The molecule has 8 aromatic rings. The molecule has 5 heteroatoms. The molecule has 48 heavy (non-hydrogen) atoms. The average molecular weight is 836 g/mol. The van der Waals surface area contributed by atoms with Crippen molar-refractivity contribution >= 4 is 66.3 Å². The van der Waals surface area contributed by atoms with E-state index in [4.69, 9.17) is 6.35 Å². The summed E-state index contributed by atoms with van der Waals surface area (Å²) in [5, 5.41) is 8.80. The normalized spacial score (nSPS) is 12.1. The minimum atomic E-state index is -1.23. The number of fused-ring (bicyclic) bond motifs is 6. The largest absolute Gasteiger partial charge is 0.305 e. The molecule has 5 aromatic carbocycles. The molecule has 0 atom stereocenters. The molecule has 241 valence electrons. The van der Waals surface area contributed by atoms with E-state index in [-0.39, 0.29) is 20.1 Å². The minimum absolute atomic E-state index is 0. The van der Waals surface area contributed by atoms with Gasteiger partial charge in [-0.3, -0.25) is 4.98 Å². The van der Waals surface area contributed by atoms with Crippen LogP contribution in [0.2, 0.25) is 19.6 Å². The van der Waals surface area contributed by atoms with Gasteiger partial charge in [-0.05, 0) is 68.3 Å². The van der Waals surface area contributed by atoms with Crippen molar-refractivity contribution in [1.82, 2.24) is 9.97 Å². The van der Waals surface area contributed by atoms with E-state index in [2.05, 4.69) is 116 Å². The van der Waals surface area contributed by atoms with E-state index in [1.807, 2.05) is 67.9 Å². The fourth-order valence-corrected chi connectivity index (χ4v) is 8.30. The van der Waals surface area contributed by atoms with E-state index in [1.165, 1.54) is 47.1 Å². The van der Waals surface area contributed by atoms with Crippen LogP contribution >= 0.6 is 11.3 Å². The Labute approximate surface area is 303 Å². The number of aryl methyl sites for hydroxylation is 1. The zero-order valence-corrected chi connectivity index (χ0v) is 32.3. The van der Waals surface area contributed by atoms with E-state index in [1.54, 1.807) is 0 Å². The first kappa shape index (κ1) is 32.5. The number of thiophene rings is 1. The summed E-state index contributed by atoms with van der Waals surface area (Å²) in [6.45, 7) is 13.0. The molecule has 0 aliphatic heterocycles. The fraction of sp³-hybridized carbons (Fsp3) is 0.163. The van der Waals surface area contributed by atoms with Crippen molar-refractivity contribution < 1.29 is 21.5 Å². The number of aromatic nitrogens is 2. The molecular formula is C43H38IrN2SSi-2. The fourth-order valence-electron chi connectivity index (χ4n) is 6.01. The van der Waals surface area contributed by atoms with Gasteiger partial charge in [-0.15, -0.1) is 53.4 Å². The summed E-state index contributed by atoms with van der Waals surface area (Å²) in [5.41, 5.74) is 6.19. The van der Waals surface area contributed by atoms with Crippen molar-refractivity contribution in [2.24, 2.45) is 0 Å². The van der Waals surface area contributed by atoms with Crippen LogP contribution in [-0.2, 0) is 20.1 Å². The smallest absolute Gasteiger partial charge is 0.0795 e. The number of hydrogen-bond donors (Lipinski definition) is 0. The quantitative estimate of drug-likeness (QED) is 0.130. The third kappa shape index (κ3) is 6.79. The van der Waals surface area contributed by atoms with Gasteiger partial charge < -0.3 is 4.98 Å². The van der Waals surface area contributed by atoms with Gasteiger partial charge in [0.1, 0.15) is 0 Å². The number of benzene rings is 5. The molecule has 0 saturated carbocycles. The second-order valence-electron chi connectivity index (χ2n) is 13.4. The maximum atomic E-state index is 8.48. The summed E-state index contributed by atoms with van der Waals surface area (Å²) in [7, 11) is -1.23. The molecule has 0 spiro atoms. The van der Waals surface area contributed by atoms with Crippen LogP contribution in [0.25, 0.3) is 64.2 Å². The molecule has 0 bridgehead atoms. The molecule has 2 nitrogen and oxygen atoms in total. The van der Waals surface area contributed by atoms with Crippen molar-refractivity contribution in [2.75, 3.05) is 0 Å². The Morgan fingerprint density at radius 3 is 2.33 bits per heavy atom. The van der Waals surface area contributed by atoms with Gasteiger partial charge in [0.05, 0.1) is 8.07 Å². The molecule has 0 N–H and O–H groups in total. The van der Waals surface area contributed by atoms with Gasteiger partial charge in [-0.1, -0.05) is 110 Å². The van der Waals surface area contributed by atoms with Gasteiger partial charge in [0.15, 0.2) is 0 Å². The predicted octanol–water partition coefficient (Wildman–Crippen LogP) is 11.7. The van der Waals surface area contributed by atoms with Crippen molar-refractivity contribution in [3.63, 3.8) is 0 Å². The maximum Gasteiger partial charge on any atom is 0.0795 e. The summed E-state index contributed by atoms with van der Waals surface area (Å²) < 4.78 is 11.0. The first-order valence-corrected chi connectivity index (χ1v) is 20.4. The van der Waals surface area contributed by atoms with Gasteiger partial charge in [-0.25, -0.2) is 0 Å². The van der Waals surface area contributed by atoms with Gasteiger partial charge in [0.2, 0.25) is 0 Å². The zero-order chi connectivity index (χ0) is 33.6. The van der Waals surface area contributed by atoms with Crippen LogP contribution in [0.3, 0.4) is 0 Å². The van der Waals surface area contributed by atoms with Gasteiger partial charge >= 0.3 is 0 Å². The first-order valence-electron chi connectivity index (χ1n) is 16.6. The van der Waals surface area contributed by atoms with Crippen LogP contribution in [0.5, 0.6) is 0 Å². The van der Waals surface area contributed by atoms with E-state index in [9.17, 15) is 0 Å². The Kier molecular flexibility index (Phi) is 9.40. The Balaban J connectivity index is 0.000000208. The molecule has 1 radical (unpaired) electrons. The van der Waals surface area contributed by atoms with Crippen LogP contribution in [0.15, 0.2) is 116 Å². The Bertz CT molecular complexity index is 2430. The summed E-state index contributed by atoms with van der Waals surface area (Å²) in [6.07, 6.45) is 3.84. The van der Waals surface area contributed by atoms with E-state index < -0.39 is 14.0 Å². The molecule has 0 aliphatic carbocycles. The SMILES string of the molecule is C[Si](C)(C)c1ccc(-c2[c-]cccc2)nc1.[2H]C(C)(C)c1ccnc(-c2[c-]c3ccccc3c3c2sc2cc4cc(C)ccc4cc23)c1.[Ir]. The van der Waals surface area contributed by atoms with Gasteiger partial charge in [0, 0.05) is 44.3 Å². The minimum Gasteiger partial charge on any atom is -0.305 e. The summed E-state index contributed by atoms with van der Waals surface area (Å²) in [5.74, 6) is -0.677. The van der Waals surface area contributed by atoms with E-state index in [0.717, 1.165) is 33.5 Å². The summed E-state index contributed by atoms with van der Waals surface area (Å²) in [6, 6.07) is 42.9. The monoisotopic (exact) mass is 836 g/mol. The van der Waals surface area contributed by atoms with Gasteiger partial charge in [0.25, 0.3) is 0 Å². The molecule has 0 aliphatic rings. The van der Waals surface area contributed by atoms with Crippen LogP contribution in [0, 0.1) is 19.1 Å². The van der Waals surface area contributed by atoms with Crippen LogP contribution in [0.4, 0.5) is 0 Å². The number of hydrogen-bond acceptors (Lipinski definition) is 3. The second-order valence-corrected chi connectivity index (χ2v) is 19.6. The van der Waals surface area contributed by atoms with Crippen molar-refractivity contribution in [1.29, 1.82) is 0 Å². The van der Waals surface area contributed by atoms with Crippen molar-refractivity contribution in [3.8, 4) is 22.5 Å². The number of pyridine rings is 2. The van der Waals surface area contributed by atoms with Crippen LogP contribution in [0.1, 0.15) is 32.2 Å². The molecule has 3 heterocycles. The van der Waals surface area contributed by atoms with E-state index >= 15 is 0 Å². The zero-order valence-electron chi connectivity index (χ0n) is 29.1. The predicted molar refractivity (Wildman–Crippen MR) is 207 cm³/mol.